The molecule has 0 fully saturated rings. The van der Waals surface area contributed by atoms with E-state index < -0.39 is 6.04 Å². The third kappa shape index (κ3) is 5.31. The quantitative estimate of drug-likeness (QED) is 0.271. The average molecular weight is 494 g/mol. The molecule has 5 rings (SSSR count). The number of rotatable bonds is 9. The highest BCUT2D eigenvalue weighted by Gasteiger charge is 2.24. The topological polar surface area (TPSA) is 120 Å². The number of ketones is 1. The van der Waals surface area contributed by atoms with Crippen molar-refractivity contribution in [1.29, 1.82) is 0 Å². The summed E-state index contributed by atoms with van der Waals surface area (Å²) in [5.41, 5.74) is 5.22. The largest absolute Gasteiger partial charge is 0.361 e. The Morgan fingerprint density at radius 2 is 1.68 bits per heavy atom. The summed E-state index contributed by atoms with van der Waals surface area (Å²) in [7, 11) is 3.64. The van der Waals surface area contributed by atoms with Crippen LogP contribution in [0.4, 0.5) is 0 Å². The fourth-order valence-electron chi connectivity index (χ4n) is 4.49. The monoisotopic (exact) mass is 493 g/mol. The molecule has 0 bridgehead atoms. The number of hydrogen-bond donors (Lipinski definition) is 3. The van der Waals surface area contributed by atoms with Gasteiger partial charge in [0.05, 0.1) is 12.6 Å². The molecule has 9 heteroatoms. The highest BCUT2D eigenvalue weighted by Crippen LogP contribution is 2.30. The van der Waals surface area contributed by atoms with E-state index in [4.69, 9.17) is 0 Å². The van der Waals surface area contributed by atoms with Gasteiger partial charge in [0.15, 0.2) is 11.6 Å². The van der Waals surface area contributed by atoms with Crippen molar-refractivity contribution in [2.75, 3.05) is 20.6 Å². The van der Waals surface area contributed by atoms with Gasteiger partial charge in [0.25, 0.3) is 0 Å². The number of tetrazole rings is 1. The normalized spacial score (nSPS) is 12.1. The molecule has 186 valence electrons. The van der Waals surface area contributed by atoms with Crippen LogP contribution >= 0.6 is 0 Å². The van der Waals surface area contributed by atoms with Gasteiger partial charge in [-0.25, -0.2) is 5.10 Å². The van der Waals surface area contributed by atoms with Gasteiger partial charge in [-0.2, -0.15) is 0 Å². The fourth-order valence-corrected chi connectivity index (χ4v) is 4.49. The van der Waals surface area contributed by atoms with Crippen molar-refractivity contribution in [3.05, 3.63) is 90.1 Å². The van der Waals surface area contributed by atoms with Crippen molar-refractivity contribution in [1.82, 2.24) is 35.8 Å². The predicted molar refractivity (Wildman–Crippen MR) is 142 cm³/mol. The van der Waals surface area contributed by atoms with Crippen LogP contribution in [0.3, 0.4) is 0 Å². The molecule has 0 saturated carbocycles. The number of amides is 1. The standard InChI is InChI=1S/C28H27N7O2/c1-35(2)17-26(36)30-25(15-20-16-29-24-10-6-5-8-22(20)24)27(37)19-13-11-18(12-14-19)21-7-3-4-9-23(21)28-31-33-34-32-28/h3-14,16,25,29H,15,17H2,1-2H3,(H,30,36)(H,31,32,33,34). The predicted octanol–water partition coefficient (Wildman–Crippen LogP) is 3.49. The lowest BCUT2D eigenvalue weighted by Gasteiger charge is -2.19. The molecule has 0 saturated heterocycles. The van der Waals surface area contributed by atoms with Crippen LogP contribution in [0.2, 0.25) is 0 Å². The summed E-state index contributed by atoms with van der Waals surface area (Å²) in [6.07, 6.45) is 2.28. The summed E-state index contributed by atoms with van der Waals surface area (Å²) in [4.78, 5) is 31.3. The minimum Gasteiger partial charge on any atom is -0.361 e. The third-order valence-electron chi connectivity index (χ3n) is 6.22. The van der Waals surface area contributed by atoms with Gasteiger partial charge in [-0.15, -0.1) is 5.10 Å². The number of Topliss-reactive ketones (excluding diaryl/α,β-unsaturated/α-hetero) is 1. The van der Waals surface area contributed by atoms with Gasteiger partial charge < -0.3 is 15.2 Å². The Morgan fingerprint density at radius 3 is 2.41 bits per heavy atom. The first-order valence-electron chi connectivity index (χ1n) is 12.0. The van der Waals surface area contributed by atoms with Gasteiger partial charge in [-0.3, -0.25) is 9.59 Å². The molecule has 0 spiro atoms. The number of likely N-dealkylation sites (N-methyl/N-ethyl adjacent to an activating group) is 1. The van der Waals surface area contributed by atoms with E-state index in [2.05, 4.69) is 30.9 Å². The second-order valence-corrected chi connectivity index (χ2v) is 9.16. The highest BCUT2D eigenvalue weighted by molar-refractivity contribution is 6.03. The molecule has 0 aliphatic carbocycles. The molecule has 2 aromatic heterocycles. The summed E-state index contributed by atoms with van der Waals surface area (Å²) < 4.78 is 0. The van der Waals surface area contributed by atoms with Crippen molar-refractivity contribution in [3.8, 4) is 22.5 Å². The summed E-state index contributed by atoms with van der Waals surface area (Å²) >= 11 is 0. The number of fused-ring (bicyclic) bond motifs is 1. The molecule has 0 aliphatic rings. The lowest BCUT2D eigenvalue weighted by Crippen LogP contribution is -2.45. The summed E-state index contributed by atoms with van der Waals surface area (Å²) in [5, 5.41) is 18.2. The van der Waals surface area contributed by atoms with E-state index in [0.29, 0.717) is 17.8 Å². The van der Waals surface area contributed by atoms with E-state index in [-0.39, 0.29) is 18.2 Å². The van der Waals surface area contributed by atoms with Crippen molar-refractivity contribution < 1.29 is 9.59 Å². The van der Waals surface area contributed by atoms with Gasteiger partial charge in [0.2, 0.25) is 5.91 Å². The number of para-hydroxylation sites is 1. The first-order chi connectivity index (χ1) is 18.0. The zero-order valence-corrected chi connectivity index (χ0v) is 20.6. The number of aromatic amines is 2. The molecule has 5 aromatic rings. The van der Waals surface area contributed by atoms with E-state index in [1.54, 1.807) is 17.0 Å². The zero-order chi connectivity index (χ0) is 25.8. The molecular weight excluding hydrogens is 466 g/mol. The maximum Gasteiger partial charge on any atom is 0.234 e. The van der Waals surface area contributed by atoms with Crippen LogP contribution in [0.5, 0.6) is 0 Å². The fraction of sp³-hybridized carbons (Fsp3) is 0.179. The summed E-state index contributed by atoms with van der Waals surface area (Å²) in [6, 6.07) is 22.4. The summed E-state index contributed by atoms with van der Waals surface area (Å²) in [5.74, 6) is 0.226. The maximum absolute atomic E-state index is 13.7. The number of carbonyl (C=O) groups is 2. The van der Waals surface area contributed by atoms with Crippen LogP contribution < -0.4 is 5.32 Å². The van der Waals surface area contributed by atoms with Gasteiger partial charge in [0, 0.05) is 34.6 Å². The first kappa shape index (κ1) is 24.1. The number of aromatic nitrogens is 5. The molecule has 3 N–H and O–H groups in total. The molecule has 0 aliphatic heterocycles. The zero-order valence-electron chi connectivity index (χ0n) is 20.6. The molecule has 2 heterocycles. The first-order valence-corrected chi connectivity index (χ1v) is 12.0. The van der Waals surface area contributed by atoms with Gasteiger partial charge in [-0.1, -0.05) is 66.7 Å². The number of nitrogens with zero attached hydrogens (tertiary/aromatic N) is 4. The molecule has 1 atom stereocenters. The lowest BCUT2D eigenvalue weighted by atomic mass is 9.94. The van der Waals surface area contributed by atoms with Crippen LogP contribution in [0, 0.1) is 0 Å². The van der Waals surface area contributed by atoms with Crippen LogP contribution in [0.25, 0.3) is 33.4 Å². The number of H-pyrrole nitrogens is 2. The van der Waals surface area contributed by atoms with Crippen LogP contribution in [0.1, 0.15) is 15.9 Å². The molecular formula is C28H27N7O2. The van der Waals surface area contributed by atoms with Gasteiger partial charge in [-0.05, 0) is 47.3 Å². The SMILES string of the molecule is CN(C)CC(=O)NC(Cc1c[nH]c2ccccc12)C(=O)c1ccc(-c2ccccc2-c2nnn[nH]2)cc1. The van der Waals surface area contributed by atoms with Crippen LogP contribution in [-0.2, 0) is 11.2 Å². The van der Waals surface area contributed by atoms with E-state index in [1.807, 2.05) is 81.0 Å². The average Bonchev–Trinajstić information content (AvgIpc) is 3.58. The second-order valence-electron chi connectivity index (χ2n) is 9.16. The minimum absolute atomic E-state index is 0.142. The Bertz CT molecular complexity index is 1520. The number of carbonyl (C=O) groups excluding carboxylic acids is 2. The number of benzene rings is 3. The lowest BCUT2D eigenvalue weighted by molar-refractivity contribution is -0.122. The Labute approximate surface area is 213 Å². The minimum atomic E-state index is -0.704. The molecule has 9 nitrogen and oxygen atoms in total. The Hall–Kier alpha value is -4.63. The van der Waals surface area contributed by atoms with E-state index in [1.165, 1.54) is 0 Å². The highest BCUT2D eigenvalue weighted by atomic mass is 16.2. The Kier molecular flexibility index (Phi) is 6.87. The van der Waals surface area contributed by atoms with E-state index >= 15 is 0 Å². The summed E-state index contributed by atoms with van der Waals surface area (Å²) in [6.45, 7) is 0.198. The number of hydrogen-bond acceptors (Lipinski definition) is 6. The second kappa shape index (κ2) is 10.5. The Morgan fingerprint density at radius 1 is 0.946 bits per heavy atom. The van der Waals surface area contributed by atoms with Crippen molar-refractivity contribution >= 4 is 22.6 Å². The maximum atomic E-state index is 13.7. The van der Waals surface area contributed by atoms with Gasteiger partial charge >= 0.3 is 0 Å². The van der Waals surface area contributed by atoms with E-state index in [9.17, 15) is 9.59 Å². The molecule has 37 heavy (non-hydrogen) atoms. The molecule has 3 aromatic carbocycles. The molecule has 0 radical (unpaired) electrons. The van der Waals surface area contributed by atoms with Crippen LogP contribution in [0.15, 0.2) is 79.0 Å². The van der Waals surface area contributed by atoms with Crippen molar-refractivity contribution in [2.24, 2.45) is 0 Å². The van der Waals surface area contributed by atoms with Crippen molar-refractivity contribution in [3.63, 3.8) is 0 Å². The van der Waals surface area contributed by atoms with Gasteiger partial charge in [0.1, 0.15) is 0 Å². The van der Waals surface area contributed by atoms with E-state index in [0.717, 1.165) is 33.2 Å². The smallest absolute Gasteiger partial charge is 0.234 e. The van der Waals surface area contributed by atoms with Crippen molar-refractivity contribution in [2.45, 2.75) is 12.5 Å². The Balaban J connectivity index is 1.43. The molecule has 1 unspecified atom stereocenters. The van der Waals surface area contributed by atoms with Crippen LogP contribution in [-0.4, -0.2) is 68.9 Å². The number of nitrogens with one attached hydrogen (secondary N) is 3. The molecule has 1 amide bonds. The third-order valence-corrected chi connectivity index (χ3v) is 6.22.